The molecule has 1 atom stereocenters. The summed E-state index contributed by atoms with van der Waals surface area (Å²) in [6, 6.07) is 4.56. The molecule has 0 aliphatic carbocycles. The van der Waals surface area contributed by atoms with Crippen LogP contribution in [0.15, 0.2) is 23.7 Å². The summed E-state index contributed by atoms with van der Waals surface area (Å²) >= 11 is 1.41. The zero-order valence-corrected chi connectivity index (χ0v) is 13.7. The van der Waals surface area contributed by atoms with Gasteiger partial charge < -0.3 is 10.1 Å². The van der Waals surface area contributed by atoms with Gasteiger partial charge in [0, 0.05) is 6.04 Å². The zero-order valence-electron chi connectivity index (χ0n) is 12.0. The lowest BCUT2D eigenvalue weighted by Crippen LogP contribution is -2.38. The second-order valence-electron chi connectivity index (χ2n) is 5.28. The second-order valence-corrected chi connectivity index (χ2v) is 8.39. The highest BCUT2D eigenvalue weighted by Gasteiger charge is 2.29. The number of benzene rings is 1. The molecule has 0 saturated carbocycles. The number of carbonyl (C=O) groups is 2. The van der Waals surface area contributed by atoms with Gasteiger partial charge in [0.1, 0.15) is 0 Å². The summed E-state index contributed by atoms with van der Waals surface area (Å²) in [5.74, 6) is -1.09. The number of sulfone groups is 1. The lowest BCUT2D eigenvalue weighted by atomic mass is 10.2. The molecule has 0 unspecified atom stereocenters. The minimum atomic E-state index is -3.06. The molecule has 9 heteroatoms. The van der Waals surface area contributed by atoms with Crippen LogP contribution in [0.1, 0.15) is 16.8 Å². The molecule has 1 aromatic heterocycles. The first kappa shape index (κ1) is 15.9. The molecule has 3 rings (SSSR count). The van der Waals surface area contributed by atoms with Crippen LogP contribution in [0.2, 0.25) is 0 Å². The van der Waals surface area contributed by atoms with E-state index in [0.717, 1.165) is 10.2 Å². The number of hydrogen-bond acceptors (Lipinski definition) is 7. The fraction of sp³-hybridized carbons (Fsp3) is 0.357. The molecule has 1 amide bonds. The van der Waals surface area contributed by atoms with E-state index in [2.05, 4.69) is 10.3 Å². The van der Waals surface area contributed by atoms with Crippen molar-refractivity contribution < 1.29 is 22.7 Å². The summed E-state index contributed by atoms with van der Waals surface area (Å²) in [6.45, 7) is -0.434. The van der Waals surface area contributed by atoms with E-state index in [9.17, 15) is 18.0 Å². The van der Waals surface area contributed by atoms with E-state index in [1.165, 1.54) is 11.3 Å². The summed E-state index contributed by atoms with van der Waals surface area (Å²) in [7, 11) is -3.06. The molecule has 1 fully saturated rings. The molecular weight excluding hydrogens is 340 g/mol. The third-order valence-electron chi connectivity index (χ3n) is 3.50. The number of aromatic nitrogens is 1. The molecule has 1 saturated heterocycles. The first-order valence-electron chi connectivity index (χ1n) is 6.93. The van der Waals surface area contributed by atoms with Crippen molar-refractivity contribution in [1.29, 1.82) is 0 Å². The Labute approximate surface area is 136 Å². The first-order chi connectivity index (χ1) is 10.9. The number of ether oxygens (including phenoxy) is 1. The number of rotatable bonds is 4. The van der Waals surface area contributed by atoms with Crippen molar-refractivity contribution in [3.8, 4) is 0 Å². The van der Waals surface area contributed by atoms with Gasteiger partial charge in [0.2, 0.25) is 0 Å². The standard InChI is InChI=1S/C14H14N2O5S2/c17-13(16-10-3-4-23(19,20)7-10)6-21-14(18)9-1-2-11-12(5-9)22-8-15-11/h1-2,5,8,10H,3-4,6-7H2,(H,16,17)/t10-/m1/s1. The van der Waals surface area contributed by atoms with E-state index in [1.807, 2.05) is 0 Å². The van der Waals surface area contributed by atoms with Crippen molar-refractivity contribution in [2.24, 2.45) is 0 Å². The molecule has 2 aromatic rings. The molecule has 7 nitrogen and oxygen atoms in total. The van der Waals surface area contributed by atoms with Crippen LogP contribution < -0.4 is 5.32 Å². The Kier molecular flexibility index (Phi) is 4.31. The van der Waals surface area contributed by atoms with Crippen molar-refractivity contribution in [2.45, 2.75) is 12.5 Å². The van der Waals surface area contributed by atoms with Gasteiger partial charge in [-0.2, -0.15) is 0 Å². The Morgan fingerprint density at radius 3 is 2.96 bits per heavy atom. The van der Waals surface area contributed by atoms with Gasteiger partial charge in [-0.3, -0.25) is 4.79 Å². The van der Waals surface area contributed by atoms with Gasteiger partial charge >= 0.3 is 5.97 Å². The SMILES string of the molecule is O=C(COC(=O)c1ccc2ncsc2c1)N[C@@H]1CCS(=O)(=O)C1. The largest absolute Gasteiger partial charge is 0.452 e. The highest BCUT2D eigenvalue weighted by atomic mass is 32.2. The Morgan fingerprint density at radius 1 is 1.39 bits per heavy atom. The third kappa shape index (κ3) is 3.85. The topological polar surface area (TPSA) is 102 Å². The highest BCUT2D eigenvalue weighted by Crippen LogP contribution is 2.19. The minimum absolute atomic E-state index is 0.0608. The van der Waals surface area contributed by atoms with Gasteiger partial charge in [-0.05, 0) is 24.6 Å². The molecule has 122 valence electrons. The van der Waals surface area contributed by atoms with Crippen molar-refractivity contribution in [1.82, 2.24) is 10.3 Å². The van der Waals surface area contributed by atoms with E-state index in [-0.39, 0.29) is 11.5 Å². The van der Waals surface area contributed by atoms with Crippen LogP contribution in [-0.2, 0) is 19.4 Å². The maximum absolute atomic E-state index is 11.9. The predicted molar refractivity (Wildman–Crippen MR) is 85.1 cm³/mol. The summed E-state index contributed by atoms with van der Waals surface area (Å²) in [6.07, 6.45) is 0.393. The third-order valence-corrected chi connectivity index (χ3v) is 6.06. The van der Waals surface area contributed by atoms with E-state index < -0.39 is 34.4 Å². The molecule has 23 heavy (non-hydrogen) atoms. The van der Waals surface area contributed by atoms with E-state index in [1.54, 1.807) is 23.7 Å². The maximum atomic E-state index is 11.9. The molecule has 1 aliphatic rings. The number of nitrogens with zero attached hydrogens (tertiary/aromatic N) is 1. The van der Waals surface area contributed by atoms with Crippen molar-refractivity contribution in [3.05, 3.63) is 29.3 Å². The molecule has 0 radical (unpaired) electrons. The number of thiazole rings is 1. The first-order valence-corrected chi connectivity index (χ1v) is 9.63. The minimum Gasteiger partial charge on any atom is -0.452 e. The Hall–Kier alpha value is -2.00. The van der Waals surface area contributed by atoms with Gasteiger partial charge in [-0.1, -0.05) is 0 Å². The zero-order chi connectivity index (χ0) is 16.4. The molecular formula is C14H14N2O5S2. The van der Waals surface area contributed by atoms with E-state index in [4.69, 9.17) is 4.74 Å². The Bertz CT molecular complexity index is 859. The Balaban J connectivity index is 1.53. The maximum Gasteiger partial charge on any atom is 0.338 e. The number of nitrogens with one attached hydrogen (secondary N) is 1. The molecule has 0 bridgehead atoms. The fourth-order valence-electron chi connectivity index (χ4n) is 2.37. The highest BCUT2D eigenvalue weighted by molar-refractivity contribution is 7.91. The normalized spacial score (nSPS) is 19.6. The van der Waals surface area contributed by atoms with Crippen LogP contribution in [0.5, 0.6) is 0 Å². The summed E-state index contributed by atoms with van der Waals surface area (Å²) < 4.78 is 28.5. The number of hydrogen-bond donors (Lipinski definition) is 1. The van der Waals surface area contributed by atoms with Crippen LogP contribution in [0.3, 0.4) is 0 Å². The Morgan fingerprint density at radius 2 is 2.22 bits per heavy atom. The van der Waals surface area contributed by atoms with Crippen LogP contribution in [-0.4, -0.2) is 49.4 Å². The summed E-state index contributed by atoms with van der Waals surface area (Å²) in [4.78, 5) is 27.8. The second kappa shape index (κ2) is 6.25. The van der Waals surface area contributed by atoms with Gasteiger partial charge in [0.05, 0.1) is 32.8 Å². The van der Waals surface area contributed by atoms with Gasteiger partial charge in [-0.15, -0.1) is 11.3 Å². The van der Waals surface area contributed by atoms with Crippen LogP contribution in [0, 0.1) is 0 Å². The smallest absolute Gasteiger partial charge is 0.338 e. The van der Waals surface area contributed by atoms with Crippen LogP contribution in [0.4, 0.5) is 0 Å². The lowest BCUT2D eigenvalue weighted by Gasteiger charge is -2.11. The molecule has 2 heterocycles. The van der Waals surface area contributed by atoms with Crippen molar-refractivity contribution in [2.75, 3.05) is 18.1 Å². The number of fused-ring (bicyclic) bond motifs is 1. The molecule has 1 aromatic carbocycles. The van der Waals surface area contributed by atoms with Crippen LogP contribution >= 0.6 is 11.3 Å². The summed E-state index contributed by atoms with van der Waals surface area (Å²) in [5.41, 5.74) is 2.83. The predicted octanol–water partition coefficient (Wildman–Crippen LogP) is 0.756. The van der Waals surface area contributed by atoms with E-state index in [0.29, 0.717) is 12.0 Å². The lowest BCUT2D eigenvalue weighted by molar-refractivity contribution is -0.124. The van der Waals surface area contributed by atoms with Crippen LogP contribution in [0.25, 0.3) is 10.2 Å². The summed E-state index contributed by atoms with van der Waals surface area (Å²) in [5, 5.41) is 2.56. The van der Waals surface area contributed by atoms with Crippen molar-refractivity contribution in [3.63, 3.8) is 0 Å². The molecule has 1 N–H and O–H groups in total. The van der Waals surface area contributed by atoms with Gasteiger partial charge in [0.25, 0.3) is 5.91 Å². The molecule has 1 aliphatic heterocycles. The average Bonchev–Trinajstić information content (AvgIpc) is 3.10. The van der Waals surface area contributed by atoms with Gasteiger partial charge in [0.15, 0.2) is 16.4 Å². The average molecular weight is 354 g/mol. The molecule has 0 spiro atoms. The quantitative estimate of drug-likeness (QED) is 0.813. The number of carbonyl (C=O) groups excluding carboxylic acids is 2. The fourth-order valence-corrected chi connectivity index (χ4v) is 4.76. The number of amides is 1. The monoisotopic (exact) mass is 354 g/mol. The number of esters is 1. The van der Waals surface area contributed by atoms with E-state index >= 15 is 0 Å². The van der Waals surface area contributed by atoms with Gasteiger partial charge in [-0.25, -0.2) is 18.2 Å². The van der Waals surface area contributed by atoms with Crippen molar-refractivity contribution >= 4 is 43.3 Å².